The van der Waals surface area contributed by atoms with Gasteiger partial charge in [0.25, 0.3) is 0 Å². The third kappa shape index (κ3) is 6.36. The van der Waals surface area contributed by atoms with Crippen LogP contribution in [0.25, 0.3) is 0 Å². The normalized spacial score (nSPS) is 14.8. The summed E-state index contributed by atoms with van der Waals surface area (Å²) in [6.45, 7) is 10.2. The number of amides is 1. The van der Waals surface area contributed by atoms with Crippen molar-refractivity contribution in [3.05, 3.63) is 16.1 Å². The van der Waals surface area contributed by atoms with Crippen molar-refractivity contribution >= 4 is 23.2 Å². The first kappa shape index (κ1) is 22.6. The van der Waals surface area contributed by atoms with Gasteiger partial charge in [0.2, 0.25) is 5.91 Å². The van der Waals surface area contributed by atoms with Gasteiger partial charge in [-0.15, -0.1) is 11.3 Å². The van der Waals surface area contributed by atoms with Gasteiger partial charge >= 0.3 is 5.97 Å². The fraction of sp³-hybridized carbons (Fsp3) is 0.737. The lowest BCUT2D eigenvalue weighted by Gasteiger charge is -2.33. The molecule has 0 bridgehead atoms. The Morgan fingerprint density at radius 1 is 1.31 bits per heavy atom. The molecule has 0 saturated carbocycles. The lowest BCUT2D eigenvalue weighted by atomic mass is 9.95. The average Bonchev–Trinajstić information content (AvgIpc) is 3.08. The molecule has 1 N–H and O–H groups in total. The van der Waals surface area contributed by atoms with Crippen LogP contribution in [-0.4, -0.2) is 46.6 Å². The van der Waals surface area contributed by atoms with Crippen LogP contribution in [0.15, 0.2) is 5.38 Å². The lowest BCUT2D eigenvalue weighted by Crippen LogP contribution is -2.41. The molecule has 0 unspecified atom stereocenters. The van der Waals surface area contributed by atoms with E-state index in [4.69, 9.17) is 4.74 Å². The van der Waals surface area contributed by atoms with Crippen molar-refractivity contribution in [2.75, 3.05) is 13.7 Å². The minimum absolute atomic E-state index is 0.0941. The summed E-state index contributed by atoms with van der Waals surface area (Å²) in [6, 6.07) is -0.100. The lowest BCUT2D eigenvalue weighted by molar-refractivity contribution is -0.134. The van der Waals surface area contributed by atoms with Crippen LogP contribution < -0.4 is 0 Å². The number of nitrogens with zero attached hydrogens (tertiary/aromatic N) is 2. The van der Waals surface area contributed by atoms with Crippen molar-refractivity contribution in [1.29, 1.82) is 0 Å². The monoisotopic (exact) mass is 384 g/mol. The number of aliphatic hydroxyl groups is 1. The summed E-state index contributed by atoms with van der Waals surface area (Å²) >= 11 is 1.23. The van der Waals surface area contributed by atoms with Crippen LogP contribution in [0.1, 0.15) is 75.5 Å². The molecule has 1 aromatic heterocycles. The van der Waals surface area contributed by atoms with Gasteiger partial charge < -0.3 is 14.7 Å². The van der Waals surface area contributed by atoms with Crippen LogP contribution in [0.3, 0.4) is 0 Å². The summed E-state index contributed by atoms with van der Waals surface area (Å²) in [5, 5.41) is 12.7. The summed E-state index contributed by atoms with van der Waals surface area (Å²) in [5.74, 6) is 0.147. The Labute approximate surface area is 160 Å². The van der Waals surface area contributed by atoms with Crippen LogP contribution in [0, 0.1) is 11.8 Å². The number of hydrogen-bond acceptors (Lipinski definition) is 6. The summed E-state index contributed by atoms with van der Waals surface area (Å²) < 4.78 is 4.93. The number of aliphatic hydroxyl groups excluding tert-OH is 1. The standard InChI is InChI=1S/C19H32N2O4S/c1-7-13(5)9-17(23)21(6)15(12(3)4)10-16(22)18-20-14(11-26-18)19(24)25-8-2/h11-13,15-16,22H,7-10H2,1-6H3/t13-,15+,16+/m0/s1. The first-order valence-corrected chi connectivity index (χ1v) is 10.1. The van der Waals surface area contributed by atoms with Crippen LogP contribution >= 0.6 is 11.3 Å². The second-order valence-electron chi connectivity index (χ2n) is 7.08. The first-order chi connectivity index (χ1) is 12.2. The van der Waals surface area contributed by atoms with E-state index in [1.54, 1.807) is 24.3 Å². The highest BCUT2D eigenvalue weighted by Gasteiger charge is 2.28. The fourth-order valence-electron chi connectivity index (χ4n) is 2.72. The molecule has 6 nitrogen and oxygen atoms in total. The molecule has 0 aliphatic rings. The predicted octanol–water partition coefficient (Wildman–Crippen LogP) is 3.66. The van der Waals surface area contributed by atoms with E-state index in [1.165, 1.54) is 11.3 Å². The molecule has 3 atom stereocenters. The topological polar surface area (TPSA) is 79.7 Å². The number of carbonyl (C=O) groups excluding carboxylic acids is 2. The molecule has 7 heteroatoms. The van der Waals surface area contributed by atoms with Crippen molar-refractivity contribution in [3.63, 3.8) is 0 Å². The van der Waals surface area contributed by atoms with E-state index in [9.17, 15) is 14.7 Å². The van der Waals surface area contributed by atoms with Gasteiger partial charge in [-0.1, -0.05) is 34.1 Å². The first-order valence-electron chi connectivity index (χ1n) is 9.27. The summed E-state index contributed by atoms with van der Waals surface area (Å²) in [7, 11) is 1.80. The van der Waals surface area contributed by atoms with Crippen molar-refractivity contribution in [2.24, 2.45) is 11.8 Å². The zero-order valence-corrected chi connectivity index (χ0v) is 17.5. The van der Waals surface area contributed by atoms with E-state index in [0.29, 0.717) is 23.8 Å². The van der Waals surface area contributed by atoms with E-state index in [0.717, 1.165) is 6.42 Å². The summed E-state index contributed by atoms with van der Waals surface area (Å²) in [6.07, 6.45) is 1.03. The second kappa shape index (κ2) is 10.6. The Kier molecular flexibility index (Phi) is 9.22. The number of rotatable bonds is 10. The van der Waals surface area contributed by atoms with Gasteiger partial charge in [0.15, 0.2) is 5.69 Å². The molecule has 26 heavy (non-hydrogen) atoms. The van der Waals surface area contributed by atoms with Gasteiger partial charge in [-0.05, 0) is 18.8 Å². The minimum Gasteiger partial charge on any atom is -0.461 e. The van der Waals surface area contributed by atoms with Gasteiger partial charge in [0, 0.05) is 31.3 Å². The smallest absolute Gasteiger partial charge is 0.357 e. The Balaban J connectivity index is 2.80. The highest BCUT2D eigenvalue weighted by molar-refractivity contribution is 7.09. The quantitative estimate of drug-likeness (QED) is 0.623. The fourth-order valence-corrected chi connectivity index (χ4v) is 3.50. The van der Waals surface area contributed by atoms with Gasteiger partial charge in [-0.3, -0.25) is 4.79 Å². The highest BCUT2D eigenvalue weighted by Crippen LogP contribution is 2.27. The Hall–Kier alpha value is -1.47. The number of esters is 1. The molecular weight excluding hydrogens is 352 g/mol. The third-order valence-electron chi connectivity index (χ3n) is 4.64. The van der Waals surface area contributed by atoms with Crippen molar-refractivity contribution < 1.29 is 19.4 Å². The Bertz CT molecular complexity index is 588. The van der Waals surface area contributed by atoms with Crippen LogP contribution in [0.4, 0.5) is 0 Å². The minimum atomic E-state index is -0.825. The zero-order valence-electron chi connectivity index (χ0n) is 16.7. The van der Waals surface area contributed by atoms with E-state index in [-0.39, 0.29) is 30.2 Å². The van der Waals surface area contributed by atoms with Crippen molar-refractivity contribution in [2.45, 2.75) is 66.0 Å². The largest absolute Gasteiger partial charge is 0.461 e. The van der Waals surface area contributed by atoms with Crippen LogP contribution in [0.5, 0.6) is 0 Å². The van der Waals surface area contributed by atoms with Gasteiger partial charge in [0.1, 0.15) is 11.1 Å². The molecule has 0 spiro atoms. The van der Waals surface area contributed by atoms with E-state index in [2.05, 4.69) is 18.8 Å². The molecule has 1 amide bonds. The molecule has 1 heterocycles. The van der Waals surface area contributed by atoms with Gasteiger partial charge in [-0.2, -0.15) is 0 Å². The van der Waals surface area contributed by atoms with Crippen LogP contribution in [0.2, 0.25) is 0 Å². The molecule has 1 aromatic rings. The van der Waals surface area contributed by atoms with Gasteiger partial charge in [-0.25, -0.2) is 9.78 Å². The zero-order chi connectivity index (χ0) is 19.9. The molecule has 148 valence electrons. The number of hydrogen-bond donors (Lipinski definition) is 1. The predicted molar refractivity (Wildman–Crippen MR) is 103 cm³/mol. The second-order valence-corrected chi connectivity index (χ2v) is 7.97. The molecule has 0 aromatic carbocycles. The summed E-state index contributed by atoms with van der Waals surface area (Å²) in [4.78, 5) is 30.2. The molecule has 0 aliphatic carbocycles. The molecule has 0 fully saturated rings. The van der Waals surface area contributed by atoms with Crippen molar-refractivity contribution in [3.8, 4) is 0 Å². The van der Waals surface area contributed by atoms with E-state index < -0.39 is 12.1 Å². The maximum Gasteiger partial charge on any atom is 0.357 e. The summed E-state index contributed by atoms with van der Waals surface area (Å²) in [5.41, 5.74) is 0.216. The number of thiazole rings is 1. The molecule has 1 rings (SSSR count). The number of carbonyl (C=O) groups is 2. The maximum absolute atomic E-state index is 12.5. The number of ether oxygens (including phenoxy) is 1. The highest BCUT2D eigenvalue weighted by atomic mass is 32.1. The number of aromatic nitrogens is 1. The maximum atomic E-state index is 12.5. The SMILES string of the molecule is CCOC(=O)c1csc([C@H](O)C[C@H](C(C)C)N(C)C(=O)C[C@@H](C)CC)n1. The molecule has 0 radical (unpaired) electrons. The van der Waals surface area contributed by atoms with E-state index >= 15 is 0 Å². The average molecular weight is 385 g/mol. The third-order valence-corrected chi connectivity index (χ3v) is 5.58. The Morgan fingerprint density at radius 2 is 1.96 bits per heavy atom. The Morgan fingerprint density at radius 3 is 2.50 bits per heavy atom. The molecular formula is C19H32N2O4S. The van der Waals surface area contributed by atoms with E-state index in [1.807, 2.05) is 13.8 Å². The van der Waals surface area contributed by atoms with Crippen LogP contribution in [-0.2, 0) is 9.53 Å². The van der Waals surface area contributed by atoms with Gasteiger partial charge in [0.05, 0.1) is 6.61 Å². The molecule has 0 aliphatic heterocycles. The van der Waals surface area contributed by atoms with Crippen molar-refractivity contribution in [1.82, 2.24) is 9.88 Å². The molecule has 0 saturated heterocycles.